The van der Waals surface area contributed by atoms with Gasteiger partial charge in [-0.3, -0.25) is 4.79 Å². The summed E-state index contributed by atoms with van der Waals surface area (Å²) in [6, 6.07) is 0. The number of carbonyl (C=O) groups is 2. The van der Waals surface area contributed by atoms with E-state index < -0.39 is 65.5 Å². The third-order valence-electron chi connectivity index (χ3n) is 9.59. The molecule has 2 saturated heterocycles. The van der Waals surface area contributed by atoms with Gasteiger partial charge in [-0.1, -0.05) is 19.9 Å². The van der Waals surface area contributed by atoms with Gasteiger partial charge in [0.25, 0.3) is 0 Å². The molecule has 3 bridgehead atoms. The van der Waals surface area contributed by atoms with Gasteiger partial charge < -0.3 is 29.5 Å². The highest BCUT2D eigenvalue weighted by atomic mass is 16.6. The van der Waals surface area contributed by atoms with Crippen LogP contribution in [0.1, 0.15) is 53.4 Å². The summed E-state index contributed by atoms with van der Waals surface area (Å²) in [5, 5.41) is 32.4. The number of hydrogen-bond donors (Lipinski definition) is 3. The van der Waals surface area contributed by atoms with Crippen molar-refractivity contribution in [2.24, 2.45) is 16.7 Å². The van der Waals surface area contributed by atoms with Gasteiger partial charge >= 0.3 is 11.9 Å². The summed E-state index contributed by atoms with van der Waals surface area (Å²) >= 11 is 0. The first-order valence-corrected chi connectivity index (χ1v) is 11.5. The first kappa shape index (κ1) is 22.1. The molecule has 4 fully saturated rings. The average molecular weight is 449 g/mol. The standard InChI is InChI=1S/C24H32O8/c1-5-14(9-25)19(27)31-18-17-13(3)15-8-22(11-26)20(28)30-16-7-6-12(2)21(18,4)23(16,29)10-24(17,22)32-15/h5,12,15-16,18,25-26,29H,6-11H2,1-4H3/b14-5-/t12-,15+,16-,18+,21-,22-,23+,24+/m0/s1. The number of aliphatic hydroxyl groups is 3. The van der Waals surface area contributed by atoms with Gasteiger partial charge in [0, 0.05) is 17.4 Å². The van der Waals surface area contributed by atoms with Crippen molar-refractivity contribution in [3.63, 3.8) is 0 Å². The maximum absolute atomic E-state index is 13.5. The number of hydrogen-bond acceptors (Lipinski definition) is 8. The minimum Gasteiger partial charge on any atom is -0.459 e. The van der Waals surface area contributed by atoms with Crippen LogP contribution in [0, 0.1) is 16.7 Å². The molecule has 5 aliphatic rings. The summed E-state index contributed by atoms with van der Waals surface area (Å²) < 4.78 is 18.5. The Labute approximate surface area is 187 Å². The molecular weight excluding hydrogens is 416 g/mol. The van der Waals surface area contributed by atoms with Crippen LogP contribution in [-0.4, -0.2) is 70.0 Å². The van der Waals surface area contributed by atoms with Crippen molar-refractivity contribution in [2.75, 3.05) is 13.2 Å². The largest absolute Gasteiger partial charge is 0.459 e. The lowest BCUT2D eigenvalue weighted by Crippen LogP contribution is -2.73. The van der Waals surface area contributed by atoms with Crippen molar-refractivity contribution in [2.45, 2.75) is 82.9 Å². The van der Waals surface area contributed by atoms with Gasteiger partial charge in [0.05, 0.1) is 24.9 Å². The fourth-order valence-electron chi connectivity index (χ4n) is 7.38. The number of fused-ring (bicyclic) bond motifs is 1. The predicted molar refractivity (Wildman–Crippen MR) is 111 cm³/mol. The molecule has 2 saturated carbocycles. The molecule has 0 radical (unpaired) electrons. The van der Waals surface area contributed by atoms with E-state index in [-0.39, 0.29) is 24.3 Å². The fourth-order valence-corrected chi connectivity index (χ4v) is 7.38. The Kier molecular flexibility index (Phi) is 4.59. The molecule has 3 heterocycles. The van der Waals surface area contributed by atoms with Crippen LogP contribution in [0.5, 0.6) is 0 Å². The van der Waals surface area contributed by atoms with Crippen molar-refractivity contribution < 1.29 is 39.1 Å². The van der Waals surface area contributed by atoms with E-state index in [2.05, 4.69) is 0 Å². The molecule has 8 nitrogen and oxygen atoms in total. The zero-order chi connectivity index (χ0) is 23.3. The highest BCUT2D eigenvalue weighted by molar-refractivity contribution is 5.89. The molecular formula is C24H32O8. The Morgan fingerprint density at radius 3 is 2.66 bits per heavy atom. The zero-order valence-electron chi connectivity index (χ0n) is 19.0. The minimum atomic E-state index is -1.51. The van der Waals surface area contributed by atoms with Crippen LogP contribution in [0.25, 0.3) is 0 Å². The van der Waals surface area contributed by atoms with E-state index in [0.717, 1.165) is 5.57 Å². The van der Waals surface area contributed by atoms with Crippen LogP contribution in [0.4, 0.5) is 0 Å². The van der Waals surface area contributed by atoms with Crippen molar-refractivity contribution in [1.82, 2.24) is 0 Å². The van der Waals surface area contributed by atoms with Gasteiger partial charge in [0.1, 0.15) is 28.8 Å². The molecule has 3 N–H and O–H groups in total. The molecule has 0 aromatic heterocycles. The molecule has 3 aliphatic heterocycles. The van der Waals surface area contributed by atoms with E-state index in [1.165, 1.54) is 6.08 Å². The van der Waals surface area contributed by atoms with Crippen LogP contribution in [0.3, 0.4) is 0 Å². The fraction of sp³-hybridized carbons (Fsp3) is 0.750. The Balaban J connectivity index is 1.77. The second-order valence-corrected chi connectivity index (χ2v) is 10.5. The number of aliphatic hydroxyl groups excluding tert-OH is 2. The Morgan fingerprint density at radius 2 is 2.03 bits per heavy atom. The van der Waals surface area contributed by atoms with Crippen LogP contribution in [-0.2, 0) is 23.8 Å². The monoisotopic (exact) mass is 448 g/mol. The van der Waals surface area contributed by atoms with Crippen LogP contribution in [0.15, 0.2) is 22.8 Å². The lowest BCUT2D eigenvalue weighted by atomic mass is 9.44. The van der Waals surface area contributed by atoms with Gasteiger partial charge in [-0.15, -0.1) is 0 Å². The van der Waals surface area contributed by atoms with Gasteiger partial charge in [-0.25, -0.2) is 4.79 Å². The van der Waals surface area contributed by atoms with Crippen LogP contribution < -0.4 is 0 Å². The molecule has 5 rings (SSSR count). The summed E-state index contributed by atoms with van der Waals surface area (Å²) in [5.41, 5.74) is -3.45. The highest BCUT2D eigenvalue weighted by Crippen LogP contribution is 2.72. The number of esters is 2. The molecule has 0 amide bonds. The SMILES string of the molecule is C/C=C(/CO)C(=O)O[C@@H]1C2=C(C)[C@H]3C[C@]4(CO)C(=O)O[C@H]5CC[C@H](C)[C@]1(C)[C@@]5(O)C[C@@]24O3. The number of allylic oxidation sites excluding steroid dienone is 1. The van der Waals surface area contributed by atoms with E-state index in [1.807, 2.05) is 20.8 Å². The third kappa shape index (κ3) is 2.18. The Morgan fingerprint density at radius 1 is 1.31 bits per heavy atom. The van der Waals surface area contributed by atoms with Crippen molar-refractivity contribution in [1.29, 1.82) is 0 Å². The summed E-state index contributed by atoms with van der Waals surface area (Å²) in [5.74, 6) is -1.28. The van der Waals surface area contributed by atoms with Crippen molar-refractivity contribution >= 4 is 11.9 Å². The normalized spacial score (nSPS) is 49.1. The number of carbonyl (C=O) groups excluding carboxylic acids is 2. The molecule has 0 aromatic rings. The first-order chi connectivity index (χ1) is 15.1. The van der Waals surface area contributed by atoms with E-state index in [4.69, 9.17) is 14.2 Å². The Bertz CT molecular complexity index is 954. The van der Waals surface area contributed by atoms with Crippen LogP contribution >= 0.6 is 0 Å². The lowest BCUT2D eigenvalue weighted by Gasteiger charge is -2.63. The topological polar surface area (TPSA) is 123 Å². The van der Waals surface area contributed by atoms with E-state index in [1.54, 1.807) is 6.92 Å². The summed E-state index contributed by atoms with van der Waals surface area (Å²) in [4.78, 5) is 26.5. The average Bonchev–Trinajstić information content (AvgIpc) is 3.19. The molecule has 8 atom stereocenters. The molecule has 2 aliphatic carbocycles. The summed E-state index contributed by atoms with van der Waals surface area (Å²) in [6.45, 7) is 6.53. The van der Waals surface area contributed by atoms with E-state index in [9.17, 15) is 24.9 Å². The van der Waals surface area contributed by atoms with Crippen molar-refractivity contribution in [3.8, 4) is 0 Å². The molecule has 0 aromatic carbocycles. The second-order valence-electron chi connectivity index (χ2n) is 10.5. The molecule has 176 valence electrons. The molecule has 8 heteroatoms. The molecule has 0 unspecified atom stereocenters. The second kappa shape index (κ2) is 6.65. The van der Waals surface area contributed by atoms with Gasteiger partial charge in [-0.2, -0.15) is 0 Å². The predicted octanol–water partition coefficient (Wildman–Crippen LogP) is 1.17. The number of ether oxygens (including phenoxy) is 3. The molecule has 32 heavy (non-hydrogen) atoms. The van der Waals surface area contributed by atoms with E-state index >= 15 is 0 Å². The highest BCUT2D eigenvalue weighted by Gasteiger charge is 2.82. The lowest BCUT2D eigenvalue weighted by molar-refractivity contribution is -0.263. The van der Waals surface area contributed by atoms with Gasteiger partial charge in [0.2, 0.25) is 0 Å². The smallest absolute Gasteiger partial charge is 0.336 e. The number of rotatable bonds is 4. The zero-order valence-corrected chi connectivity index (χ0v) is 19.0. The summed E-state index contributed by atoms with van der Waals surface area (Å²) in [6.07, 6.45) is 0.929. The van der Waals surface area contributed by atoms with Crippen molar-refractivity contribution in [3.05, 3.63) is 22.8 Å². The maximum Gasteiger partial charge on any atom is 0.336 e. The minimum absolute atomic E-state index is 0.0539. The molecule has 1 spiro atoms. The van der Waals surface area contributed by atoms with Gasteiger partial charge in [-0.05, 0) is 44.6 Å². The maximum atomic E-state index is 13.5. The van der Waals surface area contributed by atoms with Crippen LogP contribution in [0.2, 0.25) is 0 Å². The Hall–Kier alpha value is -1.74. The van der Waals surface area contributed by atoms with Gasteiger partial charge in [0.15, 0.2) is 0 Å². The van der Waals surface area contributed by atoms with E-state index in [0.29, 0.717) is 18.4 Å². The third-order valence-corrected chi connectivity index (χ3v) is 9.59. The first-order valence-electron chi connectivity index (χ1n) is 11.5. The quantitative estimate of drug-likeness (QED) is 0.333. The summed E-state index contributed by atoms with van der Waals surface area (Å²) in [7, 11) is 0.